The summed E-state index contributed by atoms with van der Waals surface area (Å²) in [4.78, 5) is 28.3. The Balaban J connectivity index is 1.58. The Morgan fingerprint density at radius 1 is 1.12 bits per heavy atom. The Morgan fingerprint density at radius 2 is 1.92 bits per heavy atom. The fraction of sp³-hybridized carbons (Fsp3) is 0.0556. The van der Waals surface area contributed by atoms with Crippen molar-refractivity contribution < 1.29 is 14.3 Å². The number of benzene rings is 2. The van der Waals surface area contributed by atoms with E-state index in [1.54, 1.807) is 53.9 Å². The Kier molecular flexibility index (Phi) is 5.42. The maximum absolute atomic E-state index is 12.2. The Bertz CT molecular complexity index is 896. The predicted octanol–water partition coefficient (Wildman–Crippen LogP) is 4.41. The molecule has 0 aliphatic heterocycles. The molecular weight excluding hydrogens is 360 g/mol. The molecule has 25 heavy (non-hydrogen) atoms. The Hall–Kier alpha value is -2.70. The highest BCUT2D eigenvalue weighted by atomic mass is 35.5. The van der Waals surface area contributed by atoms with Crippen LogP contribution in [-0.2, 0) is 11.3 Å². The molecule has 0 fully saturated rings. The monoisotopic (exact) mass is 372 g/mol. The number of rotatable bonds is 5. The average Bonchev–Trinajstić information content (AvgIpc) is 3.09. The van der Waals surface area contributed by atoms with E-state index in [1.807, 2.05) is 6.07 Å². The molecule has 1 aromatic heterocycles. The lowest BCUT2D eigenvalue weighted by molar-refractivity contribution is 0.0472. The Morgan fingerprint density at radius 3 is 2.68 bits per heavy atom. The van der Waals surface area contributed by atoms with Gasteiger partial charge in [-0.15, -0.1) is 11.3 Å². The van der Waals surface area contributed by atoms with Crippen molar-refractivity contribution in [2.45, 2.75) is 6.61 Å². The van der Waals surface area contributed by atoms with Crippen molar-refractivity contribution in [1.82, 2.24) is 4.98 Å². The maximum atomic E-state index is 12.2. The van der Waals surface area contributed by atoms with Gasteiger partial charge in [0.05, 0.1) is 5.56 Å². The lowest BCUT2D eigenvalue weighted by Crippen LogP contribution is -2.12. The topological polar surface area (TPSA) is 68.3 Å². The molecule has 3 aromatic rings. The molecule has 0 saturated carbocycles. The van der Waals surface area contributed by atoms with Gasteiger partial charge in [-0.05, 0) is 30.3 Å². The largest absolute Gasteiger partial charge is 0.455 e. The molecule has 0 atom stereocenters. The van der Waals surface area contributed by atoms with E-state index in [1.165, 1.54) is 11.3 Å². The summed E-state index contributed by atoms with van der Waals surface area (Å²) in [7, 11) is 0. The van der Waals surface area contributed by atoms with Crippen molar-refractivity contribution in [3.63, 3.8) is 0 Å². The van der Waals surface area contributed by atoms with Crippen molar-refractivity contribution in [3.8, 4) is 0 Å². The van der Waals surface area contributed by atoms with Gasteiger partial charge in [-0.2, -0.15) is 0 Å². The molecule has 1 heterocycles. The van der Waals surface area contributed by atoms with Gasteiger partial charge in [0.1, 0.15) is 17.3 Å². The summed E-state index contributed by atoms with van der Waals surface area (Å²) in [6.07, 6.45) is 0. The van der Waals surface area contributed by atoms with Crippen LogP contribution in [0.2, 0.25) is 5.02 Å². The number of anilines is 1. The van der Waals surface area contributed by atoms with Crippen molar-refractivity contribution >= 4 is 40.5 Å². The van der Waals surface area contributed by atoms with Crippen LogP contribution < -0.4 is 5.32 Å². The number of hydrogen-bond donors (Lipinski definition) is 1. The number of ether oxygens (including phenoxy) is 1. The molecular formula is C18H13ClN2O3S. The average molecular weight is 373 g/mol. The van der Waals surface area contributed by atoms with Gasteiger partial charge in [0.2, 0.25) is 0 Å². The predicted molar refractivity (Wildman–Crippen MR) is 97.1 cm³/mol. The number of halogens is 1. The zero-order chi connectivity index (χ0) is 17.6. The molecule has 0 spiro atoms. The van der Waals surface area contributed by atoms with Crippen molar-refractivity contribution in [2.24, 2.45) is 0 Å². The van der Waals surface area contributed by atoms with E-state index in [0.717, 1.165) is 0 Å². The number of nitrogens with one attached hydrogen (secondary N) is 1. The van der Waals surface area contributed by atoms with Gasteiger partial charge in [0.25, 0.3) is 5.91 Å². The first-order valence-corrected chi connectivity index (χ1v) is 8.61. The van der Waals surface area contributed by atoms with E-state index in [4.69, 9.17) is 16.3 Å². The smallest absolute Gasteiger partial charge is 0.338 e. The summed E-state index contributed by atoms with van der Waals surface area (Å²) in [5.41, 5.74) is 1.32. The van der Waals surface area contributed by atoms with Crippen LogP contribution in [0.1, 0.15) is 25.9 Å². The fourth-order valence-electron chi connectivity index (χ4n) is 2.03. The van der Waals surface area contributed by atoms with Gasteiger partial charge in [0.15, 0.2) is 0 Å². The number of carbonyl (C=O) groups excluding carboxylic acids is 2. The highest BCUT2D eigenvalue weighted by Gasteiger charge is 2.13. The first kappa shape index (κ1) is 17.1. The van der Waals surface area contributed by atoms with E-state index in [2.05, 4.69) is 10.3 Å². The zero-order valence-electron chi connectivity index (χ0n) is 12.9. The standard InChI is InChI=1S/C18H13ClN2O3S/c19-13-7-4-8-14(9-13)20-17(22)15-11-25-16(21-15)10-24-18(23)12-5-2-1-3-6-12/h1-9,11H,10H2,(H,20,22). The van der Waals surface area contributed by atoms with Gasteiger partial charge in [-0.1, -0.05) is 35.9 Å². The maximum Gasteiger partial charge on any atom is 0.338 e. The summed E-state index contributed by atoms with van der Waals surface area (Å²) in [6.45, 7) is 0.0167. The van der Waals surface area contributed by atoms with E-state index in [9.17, 15) is 9.59 Å². The molecule has 7 heteroatoms. The molecule has 1 N–H and O–H groups in total. The first-order chi connectivity index (χ1) is 12.1. The van der Waals surface area contributed by atoms with E-state index in [-0.39, 0.29) is 18.2 Å². The highest BCUT2D eigenvalue weighted by Crippen LogP contribution is 2.17. The molecule has 126 valence electrons. The van der Waals surface area contributed by atoms with Gasteiger partial charge >= 0.3 is 5.97 Å². The minimum Gasteiger partial charge on any atom is -0.455 e. The molecule has 0 aliphatic rings. The SMILES string of the molecule is O=C(OCc1nc(C(=O)Nc2cccc(Cl)c2)cs1)c1ccccc1. The third-order valence-corrected chi connectivity index (χ3v) is 4.26. The van der Waals surface area contributed by atoms with E-state index < -0.39 is 5.97 Å². The molecule has 1 amide bonds. The number of amides is 1. The summed E-state index contributed by atoms with van der Waals surface area (Å²) < 4.78 is 5.20. The highest BCUT2D eigenvalue weighted by molar-refractivity contribution is 7.09. The second-order valence-corrected chi connectivity index (χ2v) is 6.41. The summed E-state index contributed by atoms with van der Waals surface area (Å²) >= 11 is 7.14. The van der Waals surface area contributed by atoms with Gasteiger partial charge in [-0.3, -0.25) is 4.79 Å². The van der Waals surface area contributed by atoms with Crippen LogP contribution in [0.3, 0.4) is 0 Å². The second kappa shape index (κ2) is 7.92. The fourth-order valence-corrected chi connectivity index (χ4v) is 2.90. The summed E-state index contributed by atoms with van der Waals surface area (Å²) in [5, 5.41) is 5.41. The molecule has 5 nitrogen and oxygen atoms in total. The van der Waals surface area contributed by atoms with Crippen LogP contribution in [-0.4, -0.2) is 16.9 Å². The van der Waals surface area contributed by atoms with Gasteiger partial charge in [-0.25, -0.2) is 9.78 Å². The first-order valence-electron chi connectivity index (χ1n) is 7.35. The van der Waals surface area contributed by atoms with Crippen LogP contribution in [0.25, 0.3) is 0 Å². The number of aromatic nitrogens is 1. The normalized spacial score (nSPS) is 10.3. The van der Waals surface area contributed by atoms with Crippen LogP contribution in [0.5, 0.6) is 0 Å². The Labute approximate surface area is 153 Å². The van der Waals surface area contributed by atoms with Crippen LogP contribution in [0.4, 0.5) is 5.69 Å². The summed E-state index contributed by atoms with van der Waals surface area (Å²) in [5.74, 6) is -0.778. The number of thiazole rings is 1. The number of esters is 1. The zero-order valence-corrected chi connectivity index (χ0v) is 14.5. The molecule has 2 aromatic carbocycles. The molecule has 0 radical (unpaired) electrons. The third-order valence-electron chi connectivity index (χ3n) is 3.20. The van der Waals surface area contributed by atoms with Crippen molar-refractivity contribution in [1.29, 1.82) is 0 Å². The van der Waals surface area contributed by atoms with E-state index in [0.29, 0.717) is 21.3 Å². The molecule has 0 unspecified atom stereocenters. The minimum absolute atomic E-state index is 0.0167. The molecule has 0 bridgehead atoms. The quantitative estimate of drug-likeness (QED) is 0.674. The van der Waals surface area contributed by atoms with Crippen LogP contribution >= 0.6 is 22.9 Å². The second-order valence-electron chi connectivity index (χ2n) is 5.03. The van der Waals surface area contributed by atoms with Crippen molar-refractivity contribution in [2.75, 3.05) is 5.32 Å². The van der Waals surface area contributed by atoms with Crippen LogP contribution in [0.15, 0.2) is 60.0 Å². The van der Waals surface area contributed by atoms with Gasteiger partial charge in [0, 0.05) is 16.1 Å². The summed E-state index contributed by atoms with van der Waals surface area (Å²) in [6, 6.07) is 15.5. The van der Waals surface area contributed by atoms with Gasteiger partial charge < -0.3 is 10.1 Å². The minimum atomic E-state index is -0.430. The number of nitrogens with zero attached hydrogens (tertiary/aromatic N) is 1. The molecule has 0 saturated heterocycles. The number of hydrogen-bond acceptors (Lipinski definition) is 5. The lowest BCUT2D eigenvalue weighted by Gasteiger charge is -2.03. The lowest BCUT2D eigenvalue weighted by atomic mass is 10.2. The number of carbonyl (C=O) groups is 2. The third kappa shape index (κ3) is 4.65. The molecule has 3 rings (SSSR count). The molecule has 0 aliphatic carbocycles. The van der Waals surface area contributed by atoms with Crippen molar-refractivity contribution in [3.05, 3.63) is 81.3 Å². The van der Waals surface area contributed by atoms with Crippen LogP contribution in [0, 0.1) is 0 Å². The van der Waals surface area contributed by atoms with E-state index >= 15 is 0 Å².